The Bertz CT molecular complexity index is 749. The number of ether oxygens (including phenoxy) is 1. The number of hydrogen-bond donors (Lipinski definition) is 2. The van der Waals surface area contributed by atoms with Crippen molar-refractivity contribution in [1.82, 2.24) is 4.98 Å². The Morgan fingerprint density at radius 1 is 1.26 bits per heavy atom. The van der Waals surface area contributed by atoms with Gasteiger partial charge in [0.2, 0.25) is 0 Å². The Morgan fingerprint density at radius 3 is 2.65 bits per heavy atom. The van der Waals surface area contributed by atoms with Crippen LogP contribution in [-0.2, 0) is 4.74 Å². The largest absolute Gasteiger partial charge is 0.462 e. The first kappa shape index (κ1) is 17.5. The van der Waals surface area contributed by atoms with Crippen LogP contribution in [0.1, 0.15) is 22.3 Å². The molecule has 0 spiro atoms. The molecule has 0 saturated carbocycles. The number of amides is 2. The zero-order valence-electron chi connectivity index (χ0n) is 12.3. The molecule has 9 heteroatoms. The molecule has 0 bridgehead atoms. The van der Waals surface area contributed by atoms with E-state index < -0.39 is 12.0 Å². The second-order valence-corrected chi connectivity index (χ2v) is 6.18. The number of nitrogens with one attached hydrogen (secondary N) is 2. The monoisotopic (exact) mass is 373 g/mol. The molecule has 0 saturated heterocycles. The SMILES string of the molecule is CCOC(=O)c1sc(NC(=O)Nc2ccc(Cl)c(Cl)c2)nc1C. The summed E-state index contributed by atoms with van der Waals surface area (Å²) >= 11 is 12.7. The van der Waals surface area contributed by atoms with Gasteiger partial charge in [0.25, 0.3) is 0 Å². The lowest BCUT2D eigenvalue weighted by Gasteiger charge is -2.06. The summed E-state index contributed by atoms with van der Waals surface area (Å²) in [5, 5.41) is 6.18. The minimum absolute atomic E-state index is 0.275. The number of anilines is 2. The van der Waals surface area contributed by atoms with Gasteiger partial charge in [-0.05, 0) is 32.0 Å². The highest BCUT2D eigenvalue weighted by Gasteiger charge is 2.17. The van der Waals surface area contributed by atoms with Crippen LogP contribution < -0.4 is 10.6 Å². The van der Waals surface area contributed by atoms with E-state index in [1.54, 1.807) is 26.0 Å². The summed E-state index contributed by atoms with van der Waals surface area (Å²) in [6, 6.07) is 4.21. The number of halogens is 2. The summed E-state index contributed by atoms with van der Waals surface area (Å²) in [5.74, 6) is -0.458. The van der Waals surface area contributed by atoms with Gasteiger partial charge in [0.05, 0.1) is 22.3 Å². The number of hydrogen-bond acceptors (Lipinski definition) is 5. The summed E-state index contributed by atoms with van der Waals surface area (Å²) in [7, 11) is 0. The van der Waals surface area contributed by atoms with Gasteiger partial charge >= 0.3 is 12.0 Å². The minimum Gasteiger partial charge on any atom is -0.462 e. The maximum atomic E-state index is 11.9. The van der Waals surface area contributed by atoms with Crippen LogP contribution in [0.3, 0.4) is 0 Å². The Morgan fingerprint density at radius 2 is 2.00 bits per heavy atom. The van der Waals surface area contributed by atoms with E-state index in [0.717, 1.165) is 11.3 Å². The van der Waals surface area contributed by atoms with Gasteiger partial charge in [0.15, 0.2) is 5.13 Å². The van der Waals surface area contributed by atoms with E-state index >= 15 is 0 Å². The Balaban J connectivity index is 2.04. The quantitative estimate of drug-likeness (QED) is 0.768. The lowest BCUT2D eigenvalue weighted by Crippen LogP contribution is -2.19. The number of thiazole rings is 1. The molecule has 2 N–H and O–H groups in total. The third-order valence-corrected chi connectivity index (χ3v) is 4.45. The van der Waals surface area contributed by atoms with Crippen molar-refractivity contribution in [3.8, 4) is 0 Å². The molecule has 0 atom stereocenters. The number of rotatable bonds is 4. The zero-order valence-corrected chi connectivity index (χ0v) is 14.6. The summed E-state index contributed by atoms with van der Waals surface area (Å²) in [4.78, 5) is 28.1. The number of carbonyl (C=O) groups is 2. The van der Waals surface area contributed by atoms with Gasteiger partial charge in [-0.15, -0.1) is 0 Å². The van der Waals surface area contributed by atoms with Gasteiger partial charge in [-0.3, -0.25) is 5.32 Å². The lowest BCUT2D eigenvalue weighted by molar-refractivity contribution is 0.0531. The van der Waals surface area contributed by atoms with Gasteiger partial charge in [-0.2, -0.15) is 0 Å². The van der Waals surface area contributed by atoms with Crippen molar-refractivity contribution in [2.75, 3.05) is 17.2 Å². The molecule has 0 fully saturated rings. The first-order valence-electron chi connectivity index (χ1n) is 6.58. The minimum atomic E-state index is -0.507. The van der Waals surface area contributed by atoms with Crippen LogP contribution in [0.2, 0.25) is 10.0 Å². The number of aromatic nitrogens is 1. The maximum Gasteiger partial charge on any atom is 0.350 e. The van der Waals surface area contributed by atoms with E-state index in [9.17, 15) is 9.59 Å². The molecule has 1 aromatic carbocycles. The number of urea groups is 1. The van der Waals surface area contributed by atoms with E-state index in [1.165, 1.54) is 6.07 Å². The number of aryl methyl sites for hydroxylation is 1. The van der Waals surface area contributed by atoms with Crippen LogP contribution in [0.15, 0.2) is 18.2 Å². The molecule has 2 amide bonds. The Kier molecular flexibility index (Phi) is 5.81. The molecule has 0 radical (unpaired) electrons. The molecule has 23 heavy (non-hydrogen) atoms. The van der Waals surface area contributed by atoms with E-state index in [0.29, 0.717) is 31.4 Å². The molecule has 0 aliphatic rings. The van der Waals surface area contributed by atoms with Crippen LogP contribution in [0.5, 0.6) is 0 Å². The fourth-order valence-corrected chi connectivity index (χ4v) is 2.82. The van der Waals surface area contributed by atoms with Crippen molar-refractivity contribution in [3.05, 3.63) is 38.8 Å². The van der Waals surface area contributed by atoms with Crippen LogP contribution >= 0.6 is 34.5 Å². The number of nitrogens with zero attached hydrogens (tertiary/aromatic N) is 1. The highest BCUT2D eigenvalue weighted by atomic mass is 35.5. The fraction of sp³-hybridized carbons (Fsp3) is 0.214. The summed E-state index contributed by atoms with van der Waals surface area (Å²) in [5.41, 5.74) is 0.981. The molecule has 2 rings (SSSR count). The molecule has 122 valence electrons. The van der Waals surface area contributed by atoms with Crippen molar-refractivity contribution >= 4 is 57.4 Å². The highest BCUT2D eigenvalue weighted by molar-refractivity contribution is 7.17. The molecular formula is C14H13Cl2N3O3S. The smallest absolute Gasteiger partial charge is 0.350 e. The van der Waals surface area contributed by atoms with E-state index in [2.05, 4.69) is 15.6 Å². The standard InChI is InChI=1S/C14H13Cl2N3O3S/c1-3-22-12(20)11-7(2)17-14(23-11)19-13(21)18-8-4-5-9(15)10(16)6-8/h4-6H,3H2,1-2H3,(H2,17,18,19,21). The fourth-order valence-electron chi connectivity index (χ4n) is 1.67. The average molecular weight is 374 g/mol. The van der Waals surface area contributed by atoms with Gasteiger partial charge in [-0.1, -0.05) is 34.5 Å². The molecule has 2 aromatic rings. The summed E-state index contributed by atoms with van der Waals surface area (Å²) < 4.78 is 4.92. The van der Waals surface area contributed by atoms with E-state index in [4.69, 9.17) is 27.9 Å². The van der Waals surface area contributed by atoms with Crippen molar-refractivity contribution in [2.24, 2.45) is 0 Å². The maximum absolute atomic E-state index is 11.9. The van der Waals surface area contributed by atoms with Gasteiger partial charge in [-0.25, -0.2) is 14.6 Å². The predicted octanol–water partition coefficient (Wildman–Crippen LogP) is 4.58. The van der Waals surface area contributed by atoms with E-state index in [1.807, 2.05) is 0 Å². The zero-order chi connectivity index (χ0) is 17.0. The summed E-state index contributed by atoms with van der Waals surface area (Å²) in [6.45, 7) is 3.67. The highest BCUT2D eigenvalue weighted by Crippen LogP contribution is 2.26. The van der Waals surface area contributed by atoms with Crippen LogP contribution in [0.4, 0.5) is 15.6 Å². The van der Waals surface area contributed by atoms with Crippen molar-refractivity contribution < 1.29 is 14.3 Å². The van der Waals surface area contributed by atoms with E-state index in [-0.39, 0.29) is 6.61 Å². The van der Waals surface area contributed by atoms with Gasteiger partial charge in [0.1, 0.15) is 4.88 Å². The first-order valence-corrected chi connectivity index (χ1v) is 8.15. The van der Waals surface area contributed by atoms with Crippen molar-refractivity contribution in [3.63, 3.8) is 0 Å². The molecule has 1 heterocycles. The molecule has 0 aliphatic heterocycles. The predicted molar refractivity (Wildman–Crippen MR) is 91.9 cm³/mol. The Hall–Kier alpha value is -1.83. The van der Waals surface area contributed by atoms with Gasteiger partial charge < -0.3 is 10.1 Å². The molecule has 0 aliphatic carbocycles. The number of carbonyl (C=O) groups excluding carboxylic acids is 2. The molecule has 0 unspecified atom stereocenters. The number of benzene rings is 1. The third-order valence-electron chi connectivity index (χ3n) is 2.66. The van der Waals surface area contributed by atoms with Crippen molar-refractivity contribution in [1.29, 1.82) is 0 Å². The van der Waals surface area contributed by atoms with Crippen LogP contribution in [0, 0.1) is 6.92 Å². The normalized spacial score (nSPS) is 10.3. The molecule has 6 nitrogen and oxygen atoms in total. The third kappa shape index (κ3) is 4.57. The van der Waals surface area contributed by atoms with Crippen LogP contribution in [-0.4, -0.2) is 23.6 Å². The second-order valence-electron chi connectivity index (χ2n) is 4.36. The second kappa shape index (κ2) is 7.63. The molecule has 1 aromatic heterocycles. The average Bonchev–Trinajstić information content (AvgIpc) is 2.83. The number of esters is 1. The van der Waals surface area contributed by atoms with Crippen LogP contribution in [0.25, 0.3) is 0 Å². The first-order chi connectivity index (χ1) is 10.9. The lowest BCUT2D eigenvalue weighted by atomic mass is 10.3. The van der Waals surface area contributed by atoms with Crippen molar-refractivity contribution in [2.45, 2.75) is 13.8 Å². The Labute approximate surface area is 146 Å². The molecular weight excluding hydrogens is 361 g/mol. The topological polar surface area (TPSA) is 80.3 Å². The van der Waals surface area contributed by atoms with Gasteiger partial charge in [0, 0.05) is 5.69 Å². The summed E-state index contributed by atoms with van der Waals surface area (Å²) in [6.07, 6.45) is 0.